The van der Waals surface area contributed by atoms with Crippen molar-refractivity contribution in [3.8, 4) is 17.2 Å². The Hall–Kier alpha value is -3.09. The first kappa shape index (κ1) is 18.3. The van der Waals surface area contributed by atoms with Gasteiger partial charge in [-0.2, -0.15) is 5.10 Å². The van der Waals surface area contributed by atoms with Crippen LogP contribution in [0.5, 0.6) is 17.2 Å². The molecule has 1 N–H and O–H groups in total. The van der Waals surface area contributed by atoms with Crippen molar-refractivity contribution in [2.45, 2.75) is 6.92 Å². The van der Waals surface area contributed by atoms with Crippen LogP contribution in [0.1, 0.15) is 12.5 Å². The van der Waals surface area contributed by atoms with Gasteiger partial charge in [-0.05, 0) is 31.2 Å². The number of benzene rings is 2. The molecule has 0 atom stereocenters. The van der Waals surface area contributed by atoms with Crippen molar-refractivity contribution in [2.75, 3.05) is 20.8 Å². The topological polar surface area (TPSA) is 69.2 Å². The van der Waals surface area contributed by atoms with Gasteiger partial charge in [-0.25, -0.2) is 9.82 Å². The van der Waals surface area contributed by atoms with E-state index in [1.54, 1.807) is 38.3 Å². The van der Waals surface area contributed by atoms with Crippen LogP contribution in [-0.4, -0.2) is 32.4 Å². The fraction of sp³-hybridized carbons (Fsp3) is 0.222. The van der Waals surface area contributed by atoms with Crippen molar-refractivity contribution in [2.24, 2.45) is 5.10 Å². The van der Waals surface area contributed by atoms with Crippen molar-refractivity contribution in [1.82, 2.24) is 5.43 Å². The van der Waals surface area contributed by atoms with Gasteiger partial charge < -0.3 is 14.2 Å². The van der Waals surface area contributed by atoms with Crippen LogP contribution in [-0.2, 0) is 4.79 Å². The van der Waals surface area contributed by atoms with E-state index in [0.717, 1.165) is 0 Å². The van der Waals surface area contributed by atoms with Gasteiger partial charge in [-0.3, -0.25) is 4.79 Å². The smallest absolute Gasteiger partial charge is 0.277 e. The molecule has 7 heteroatoms. The fourth-order valence-electron chi connectivity index (χ4n) is 2.04. The van der Waals surface area contributed by atoms with Gasteiger partial charge in [0.2, 0.25) is 0 Å². The number of carbonyl (C=O) groups is 1. The van der Waals surface area contributed by atoms with E-state index >= 15 is 0 Å². The zero-order valence-electron chi connectivity index (χ0n) is 14.2. The molecular formula is C18H19FN2O4. The highest BCUT2D eigenvalue weighted by Gasteiger charge is 2.09. The summed E-state index contributed by atoms with van der Waals surface area (Å²) in [5.74, 6) is 0.191. The summed E-state index contributed by atoms with van der Waals surface area (Å²) >= 11 is 0. The summed E-state index contributed by atoms with van der Waals surface area (Å²) in [5, 5.41) is 4.02. The third-order valence-electron chi connectivity index (χ3n) is 3.34. The molecule has 0 aliphatic heterocycles. The van der Waals surface area contributed by atoms with Crippen LogP contribution in [0.3, 0.4) is 0 Å². The highest BCUT2D eigenvalue weighted by molar-refractivity contribution is 6.01. The van der Waals surface area contributed by atoms with Gasteiger partial charge in [-0.1, -0.05) is 12.1 Å². The molecule has 2 aromatic carbocycles. The predicted octanol–water partition coefficient (Wildman–Crippen LogP) is 2.76. The number of amides is 1. The first-order valence-corrected chi connectivity index (χ1v) is 7.48. The van der Waals surface area contributed by atoms with Crippen LogP contribution < -0.4 is 19.6 Å². The molecule has 0 saturated heterocycles. The number of para-hydroxylation sites is 1. The van der Waals surface area contributed by atoms with Gasteiger partial charge in [-0.15, -0.1) is 0 Å². The van der Waals surface area contributed by atoms with E-state index in [-0.39, 0.29) is 12.4 Å². The number of halogens is 1. The predicted molar refractivity (Wildman–Crippen MR) is 91.8 cm³/mol. The van der Waals surface area contributed by atoms with E-state index in [1.165, 1.54) is 25.3 Å². The minimum absolute atomic E-state index is 0.00942. The Balaban J connectivity index is 1.98. The monoisotopic (exact) mass is 346 g/mol. The van der Waals surface area contributed by atoms with E-state index in [0.29, 0.717) is 22.8 Å². The lowest BCUT2D eigenvalue weighted by molar-refractivity contribution is -0.123. The number of nitrogens with zero attached hydrogens (tertiary/aromatic N) is 1. The molecule has 2 aromatic rings. The maximum absolute atomic E-state index is 13.4. The Morgan fingerprint density at radius 2 is 1.88 bits per heavy atom. The highest BCUT2D eigenvalue weighted by atomic mass is 19.1. The average molecular weight is 346 g/mol. The summed E-state index contributed by atoms with van der Waals surface area (Å²) in [5.41, 5.74) is 3.61. The largest absolute Gasteiger partial charge is 0.497 e. The van der Waals surface area contributed by atoms with E-state index in [1.807, 2.05) is 0 Å². The standard InChI is InChI=1S/C18H19FN2O4/c1-12(14-9-8-13(23-2)10-17(14)24-3)20-21-18(22)11-25-16-7-5-4-6-15(16)19/h4-10H,11H2,1-3H3,(H,21,22)/b20-12+. The summed E-state index contributed by atoms with van der Waals surface area (Å²) in [6, 6.07) is 11.1. The lowest BCUT2D eigenvalue weighted by atomic mass is 10.1. The van der Waals surface area contributed by atoms with E-state index in [9.17, 15) is 9.18 Å². The molecule has 0 fully saturated rings. The molecule has 0 aliphatic carbocycles. The second-order valence-corrected chi connectivity index (χ2v) is 5.02. The Kier molecular flexibility index (Phi) is 6.33. The second-order valence-electron chi connectivity index (χ2n) is 5.02. The van der Waals surface area contributed by atoms with Gasteiger partial charge >= 0.3 is 0 Å². The zero-order chi connectivity index (χ0) is 18.2. The minimum atomic E-state index is -0.530. The van der Waals surface area contributed by atoms with Crippen LogP contribution in [0, 0.1) is 5.82 Å². The lowest BCUT2D eigenvalue weighted by Gasteiger charge is -2.10. The molecule has 0 radical (unpaired) electrons. The molecule has 6 nitrogen and oxygen atoms in total. The molecule has 0 spiro atoms. The van der Waals surface area contributed by atoms with Crippen molar-refractivity contribution in [1.29, 1.82) is 0 Å². The normalized spacial score (nSPS) is 11.0. The SMILES string of the molecule is COc1ccc(/C(C)=N/NC(=O)COc2ccccc2F)c(OC)c1. The molecule has 0 aromatic heterocycles. The van der Waals surface area contributed by atoms with Crippen LogP contribution >= 0.6 is 0 Å². The molecule has 2 rings (SSSR count). The number of carbonyl (C=O) groups excluding carboxylic acids is 1. The number of ether oxygens (including phenoxy) is 3. The van der Waals surface area contributed by atoms with Crippen LogP contribution in [0.4, 0.5) is 4.39 Å². The van der Waals surface area contributed by atoms with Gasteiger partial charge in [0, 0.05) is 11.6 Å². The summed E-state index contributed by atoms with van der Waals surface area (Å²) in [6.07, 6.45) is 0. The second kappa shape index (κ2) is 8.68. The maximum atomic E-state index is 13.4. The Morgan fingerprint density at radius 1 is 1.12 bits per heavy atom. The lowest BCUT2D eigenvalue weighted by Crippen LogP contribution is -2.25. The number of rotatable bonds is 7. The minimum Gasteiger partial charge on any atom is -0.497 e. The van der Waals surface area contributed by atoms with Crippen molar-refractivity contribution < 1.29 is 23.4 Å². The molecule has 0 heterocycles. The van der Waals surface area contributed by atoms with Gasteiger partial charge in [0.25, 0.3) is 5.91 Å². The van der Waals surface area contributed by atoms with Crippen molar-refractivity contribution >= 4 is 11.6 Å². The fourth-order valence-corrected chi connectivity index (χ4v) is 2.04. The molecule has 0 unspecified atom stereocenters. The summed E-state index contributed by atoms with van der Waals surface area (Å²) in [6.45, 7) is 1.37. The number of hydrogen-bond acceptors (Lipinski definition) is 5. The quantitative estimate of drug-likeness (QED) is 0.618. The van der Waals surface area contributed by atoms with E-state index < -0.39 is 11.7 Å². The first-order chi connectivity index (χ1) is 12.0. The number of nitrogens with one attached hydrogen (secondary N) is 1. The van der Waals surface area contributed by atoms with Gasteiger partial charge in [0.1, 0.15) is 11.5 Å². The average Bonchev–Trinajstić information content (AvgIpc) is 2.64. The van der Waals surface area contributed by atoms with E-state index in [4.69, 9.17) is 14.2 Å². The highest BCUT2D eigenvalue weighted by Crippen LogP contribution is 2.25. The number of hydrogen-bond donors (Lipinski definition) is 1. The first-order valence-electron chi connectivity index (χ1n) is 7.48. The summed E-state index contributed by atoms with van der Waals surface area (Å²) in [7, 11) is 3.09. The number of hydrazone groups is 1. The van der Waals surface area contributed by atoms with Gasteiger partial charge in [0.05, 0.1) is 19.9 Å². The Bertz CT molecular complexity index is 777. The third kappa shape index (κ3) is 4.94. The van der Waals surface area contributed by atoms with Crippen LogP contribution in [0.2, 0.25) is 0 Å². The summed E-state index contributed by atoms with van der Waals surface area (Å²) in [4.78, 5) is 11.8. The van der Waals surface area contributed by atoms with Crippen LogP contribution in [0.15, 0.2) is 47.6 Å². The van der Waals surface area contributed by atoms with Crippen molar-refractivity contribution in [3.63, 3.8) is 0 Å². The summed E-state index contributed by atoms with van der Waals surface area (Å²) < 4.78 is 29.0. The zero-order valence-corrected chi connectivity index (χ0v) is 14.2. The third-order valence-corrected chi connectivity index (χ3v) is 3.34. The molecule has 25 heavy (non-hydrogen) atoms. The number of methoxy groups -OCH3 is 2. The Morgan fingerprint density at radius 3 is 2.56 bits per heavy atom. The molecule has 132 valence electrons. The van der Waals surface area contributed by atoms with Crippen LogP contribution in [0.25, 0.3) is 0 Å². The maximum Gasteiger partial charge on any atom is 0.277 e. The van der Waals surface area contributed by atoms with E-state index in [2.05, 4.69) is 10.5 Å². The van der Waals surface area contributed by atoms with Crippen molar-refractivity contribution in [3.05, 3.63) is 53.8 Å². The molecule has 0 saturated carbocycles. The Labute approximate surface area is 145 Å². The molecular weight excluding hydrogens is 327 g/mol. The molecule has 1 amide bonds. The molecule has 0 aliphatic rings. The molecule has 0 bridgehead atoms. The van der Waals surface area contributed by atoms with Gasteiger partial charge in [0.15, 0.2) is 18.2 Å².